The van der Waals surface area contributed by atoms with Gasteiger partial charge in [0.2, 0.25) is 11.7 Å². The molecule has 0 saturated carbocycles. The number of halogens is 5. The number of aromatic nitrogens is 1. The number of anilines is 1. The highest BCUT2D eigenvalue weighted by molar-refractivity contribution is 5.99. The molecule has 2 amide bonds. The van der Waals surface area contributed by atoms with Gasteiger partial charge < -0.3 is 20.3 Å². The molecule has 1 aromatic carbocycles. The second-order valence-electron chi connectivity index (χ2n) is 4.93. The number of aliphatic hydroxyl groups excluding tert-OH is 1. The highest BCUT2D eigenvalue weighted by atomic mass is 19.2. The van der Waals surface area contributed by atoms with Crippen molar-refractivity contribution >= 4 is 23.7 Å². The fourth-order valence-electron chi connectivity index (χ4n) is 1.83. The van der Waals surface area contributed by atoms with Gasteiger partial charge in [0.05, 0.1) is 12.2 Å². The lowest BCUT2D eigenvalue weighted by molar-refractivity contribution is -0.124. The molecule has 3 N–H and O–H groups in total. The van der Waals surface area contributed by atoms with Crippen molar-refractivity contribution in [2.75, 3.05) is 11.9 Å². The molecule has 0 aliphatic heterocycles. The normalized spacial score (nSPS) is 12.2. The van der Waals surface area contributed by atoms with Gasteiger partial charge in [0, 0.05) is 12.1 Å². The van der Waals surface area contributed by atoms with Crippen LogP contribution in [0.4, 0.5) is 27.8 Å². The van der Waals surface area contributed by atoms with Gasteiger partial charge in [0.15, 0.2) is 29.1 Å². The molecule has 0 bridgehead atoms. The number of hydrogen-bond donors (Lipinski definition) is 3. The molecule has 1 heterocycles. The van der Waals surface area contributed by atoms with E-state index >= 15 is 0 Å². The van der Waals surface area contributed by atoms with Gasteiger partial charge in [-0.1, -0.05) is 5.16 Å². The van der Waals surface area contributed by atoms with Crippen LogP contribution in [-0.2, 0) is 9.59 Å². The SMILES string of the molecule is O=C(C=Cc1c(F)c(F)c(F)c(F)c1F)N[C@@H](CO)C(=O)Nc1ccon1. The van der Waals surface area contributed by atoms with E-state index < -0.39 is 59.1 Å². The van der Waals surface area contributed by atoms with Crippen LogP contribution in [0.25, 0.3) is 6.08 Å². The van der Waals surface area contributed by atoms with Crippen molar-refractivity contribution in [3.63, 3.8) is 0 Å². The zero-order chi connectivity index (χ0) is 20.1. The number of nitrogens with zero attached hydrogens (tertiary/aromatic N) is 1. The minimum absolute atomic E-state index is 0.00959. The van der Waals surface area contributed by atoms with Crippen LogP contribution in [0.5, 0.6) is 0 Å². The molecule has 0 aliphatic rings. The number of rotatable bonds is 6. The molecule has 0 radical (unpaired) electrons. The standard InChI is InChI=1S/C15H10F5N3O4/c16-10-6(11(17)13(19)14(20)12(10)18)1-2-9(25)21-7(5-24)15(26)22-8-3-4-27-23-8/h1-4,7,24H,5H2,(H,21,25)(H,22,23,26)/t7-/m0/s1. The third-order valence-electron chi connectivity index (χ3n) is 3.15. The Labute approximate surface area is 147 Å². The van der Waals surface area contributed by atoms with E-state index in [0.717, 1.165) is 6.26 Å². The molecule has 1 atom stereocenters. The lowest BCUT2D eigenvalue weighted by Crippen LogP contribution is -2.45. The number of carbonyl (C=O) groups excluding carboxylic acids is 2. The van der Waals surface area contributed by atoms with E-state index in [1.54, 1.807) is 0 Å². The van der Waals surface area contributed by atoms with Crippen molar-refractivity contribution < 1.29 is 41.2 Å². The highest BCUT2D eigenvalue weighted by Crippen LogP contribution is 2.23. The van der Waals surface area contributed by atoms with Crippen LogP contribution in [0.2, 0.25) is 0 Å². The second kappa shape index (κ2) is 8.40. The topological polar surface area (TPSA) is 104 Å². The van der Waals surface area contributed by atoms with Crippen LogP contribution in [0.1, 0.15) is 5.56 Å². The monoisotopic (exact) mass is 391 g/mol. The number of benzene rings is 1. The maximum Gasteiger partial charge on any atom is 0.250 e. The van der Waals surface area contributed by atoms with Gasteiger partial charge in [-0.15, -0.1) is 0 Å². The molecule has 0 saturated heterocycles. The Bertz CT molecular complexity index is 857. The van der Waals surface area contributed by atoms with Gasteiger partial charge >= 0.3 is 0 Å². The first-order chi connectivity index (χ1) is 12.8. The first-order valence-corrected chi connectivity index (χ1v) is 7.08. The summed E-state index contributed by atoms with van der Waals surface area (Å²) in [6.45, 7) is -0.855. The van der Waals surface area contributed by atoms with Crippen molar-refractivity contribution in [1.29, 1.82) is 0 Å². The number of hydrogen-bond acceptors (Lipinski definition) is 5. The van der Waals surface area contributed by atoms with Crippen molar-refractivity contribution in [2.45, 2.75) is 6.04 Å². The average molecular weight is 391 g/mol. The molecule has 12 heteroatoms. The summed E-state index contributed by atoms with van der Waals surface area (Å²) in [5.74, 6) is -13.0. The molecule has 2 rings (SSSR count). The minimum Gasteiger partial charge on any atom is -0.394 e. The molecule has 7 nitrogen and oxygen atoms in total. The summed E-state index contributed by atoms with van der Waals surface area (Å²) in [7, 11) is 0. The first kappa shape index (κ1) is 20.0. The van der Waals surface area contributed by atoms with Gasteiger partial charge in [-0.2, -0.15) is 0 Å². The van der Waals surface area contributed by atoms with Gasteiger partial charge in [-0.25, -0.2) is 22.0 Å². The summed E-state index contributed by atoms with van der Waals surface area (Å²) >= 11 is 0. The number of amides is 2. The molecule has 27 heavy (non-hydrogen) atoms. The molecule has 0 unspecified atom stereocenters. The van der Waals surface area contributed by atoms with Crippen molar-refractivity contribution in [2.24, 2.45) is 0 Å². The highest BCUT2D eigenvalue weighted by Gasteiger charge is 2.25. The number of carbonyl (C=O) groups is 2. The Balaban J connectivity index is 2.11. The van der Waals surface area contributed by atoms with Crippen molar-refractivity contribution in [1.82, 2.24) is 10.5 Å². The predicted molar refractivity (Wildman–Crippen MR) is 79.4 cm³/mol. The third-order valence-corrected chi connectivity index (χ3v) is 3.15. The minimum atomic E-state index is -2.34. The fourth-order valence-corrected chi connectivity index (χ4v) is 1.83. The second-order valence-corrected chi connectivity index (χ2v) is 4.93. The summed E-state index contributed by atoms with van der Waals surface area (Å²) in [6, 6.07) is -0.215. The molecule has 1 aromatic heterocycles. The molecule has 0 aliphatic carbocycles. The summed E-state index contributed by atoms with van der Waals surface area (Å²) in [6.07, 6.45) is 1.93. The molecule has 0 fully saturated rings. The summed E-state index contributed by atoms with van der Waals surface area (Å²) in [5.41, 5.74) is -1.34. The Morgan fingerprint density at radius 1 is 1.11 bits per heavy atom. The van der Waals surface area contributed by atoms with Gasteiger partial charge in [-0.3, -0.25) is 9.59 Å². The number of aliphatic hydroxyl groups is 1. The largest absolute Gasteiger partial charge is 0.394 e. The van der Waals surface area contributed by atoms with Gasteiger partial charge in [0.1, 0.15) is 12.3 Å². The van der Waals surface area contributed by atoms with Crippen LogP contribution in [0.3, 0.4) is 0 Å². The Morgan fingerprint density at radius 3 is 2.22 bits per heavy atom. The van der Waals surface area contributed by atoms with Crippen LogP contribution in [0.15, 0.2) is 22.9 Å². The molecule has 0 spiro atoms. The summed E-state index contributed by atoms with van der Waals surface area (Å²) in [5, 5.41) is 16.7. The third kappa shape index (κ3) is 4.47. The van der Waals surface area contributed by atoms with Gasteiger partial charge in [0.25, 0.3) is 5.91 Å². The van der Waals surface area contributed by atoms with E-state index in [0.29, 0.717) is 12.2 Å². The Kier molecular flexibility index (Phi) is 6.23. The zero-order valence-corrected chi connectivity index (χ0v) is 13.1. The average Bonchev–Trinajstić information content (AvgIpc) is 3.15. The Hall–Kier alpha value is -3.28. The van der Waals surface area contributed by atoms with E-state index in [9.17, 15) is 31.5 Å². The maximum atomic E-state index is 13.5. The van der Waals surface area contributed by atoms with E-state index in [1.807, 2.05) is 5.32 Å². The summed E-state index contributed by atoms with van der Waals surface area (Å²) in [4.78, 5) is 23.6. The summed E-state index contributed by atoms with van der Waals surface area (Å²) < 4.78 is 70.6. The first-order valence-electron chi connectivity index (χ1n) is 7.08. The fraction of sp³-hybridized carbons (Fsp3) is 0.133. The van der Waals surface area contributed by atoms with Crippen LogP contribution < -0.4 is 10.6 Å². The zero-order valence-electron chi connectivity index (χ0n) is 13.1. The van der Waals surface area contributed by atoms with Crippen molar-refractivity contribution in [3.05, 3.63) is 53.1 Å². The van der Waals surface area contributed by atoms with E-state index in [4.69, 9.17) is 5.11 Å². The molecule has 144 valence electrons. The molecule has 2 aromatic rings. The van der Waals surface area contributed by atoms with E-state index in [2.05, 4.69) is 15.0 Å². The van der Waals surface area contributed by atoms with Crippen LogP contribution in [0, 0.1) is 29.1 Å². The molecular formula is C15H10F5N3O4. The smallest absolute Gasteiger partial charge is 0.250 e. The van der Waals surface area contributed by atoms with E-state index in [1.165, 1.54) is 6.07 Å². The lowest BCUT2D eigenvalue weighted by atomic mass is 10.1. The lowest BCUT2D eigenvalue weighted by Gasteiger charge is -2.13. The van der Waals surface area contributed by atoms with Crippen LogP contribution in [-0.4, -0.2) is 34.7 Å². The molecular weight excluding hydrogens is 381 g/mol. The van der Waals surface area contributed by atoms with Crippen molar-refractivity contribution in [3.8, 4) is 0 Å². The number of nitrogens with one attached hydrogen (secondary N) is 2. The van der Waals surface area contributed by atoms with Crippen LogP contribution >= 0.6 is 0 Å². The Morgan fingerprint density at radius 2 is 1.70 bits per heavy atom. The quantitative estimate of drug-likeness (QED) is 0.300. The van der Waals surface area contributed by atoms with Gasteiger partial charge in [-0.05, 0) is 6.08 Å². The van der Waals surface area contributed by atoms with E-state index in [-0.39, 0.29) is 5.82 Å². The predicted octanol–water partition coefficient (Wildman–Crippen LogP) is 1.50. The maximum absolute atomic E-state index is 13.5.